The van der Waals surface area contributed by atoms with E-state index in [1.165, 1.54) is 0 Å². The van der Waals surface area contributed by atoms with Crippen LogP contribution in [-0.4, -0.2) is 41.3 Å². The molecule has 0 aliphatic carbocycles. The second-order valence-corrected chi connectivity index (χ2v) is 5.42. The maximum absolute atomic E-state index is 9.88. The Labute approximate surface area is 118 Å². The minimum atomic E-state index is -0.205. The van der Waals surface area contributed by atoms with Crippen molar-refractivity contribution in [2.24, 2.45) is 5.92 Å². The molecule has 3 rings (SSSR count). The summed E-state index contributed by atoms with van der Waals surface area (Å²) in [6, 6.07) is 8.06. The van der Waals surface area contributed by atoms with Gasteiger partial charge in [-0.2, -0.15) is 4.98 Å². The number of nitrogens with one attached hydrogen (secondary N) is 1. The van der Waals surface area contributed by atoms with Gasteiger partial charge in [0.1, 0.15) is 5.82 Å². The Hall–Kier alpha value is -1.88. The third kappa shape index (κ3) is 2.29. The van der Waals surface area contributed by atoms with Crippen LogP contribution in [0.1, 0.15) is 13.3 Å². The van der Waals surface area contributed by atoms with E-state index < -0.39 is 0 Å². The fourth-order valence-corrected chi connectivity index (χ4v) is 2.74. The highest BCUT2D eigenvalue weighted by Gasteiger charge is 2.26. The zero-order valence-electron chi connectivity index (χ0n) is 11.9. The molecule has 1 aromatic heterocycles. The van der Waals surface area contributed by atoms with Crippen molar-refractivity contribution in [3.63, 3.8) is 0 Å². The summed E-state index contributed by atoms with van der Waals surface area (Å²) in [6.45, 7) is 3.74. The predicted molar refractivity (Wildman–Crippen MR) is 81.1 cm³/mol. The molecule has 1 aliphatic rings. The molecule has 0 amide bonds. The summed E-state index contributed by atoms with van der Waals surface area (Å²) in [6.07, 6.45) is 0.581. The Morgan fingerprint density at radius 1 is 1.30 bits per heavy atom. The van der Waals surface area contributed by atoms with E-state index in [2.05, 4.69) is 33.2 Å². The van der Waals surface area contributed by atoms with Crippen molar-refractivity contribution in [2.45, 2.75) is 19.4 Å². The van der Waals surface area contributed by atoms with Gasteiger partial charge >= 0.3 is 0 Å². The van der Waals surface area contributed by atoms with E-state index in [-0.39, 0.29) is 12.0 Å². The van der Waals surface area contributed by atoms with Crippen molar-refractivity contribution < 1.29 is 5.11 Å². The number of aliphatic hydroxyl groups is 1. The van der Waals surface area contributed by atoms with Crippen molar-refractivity contribution in [2.75, 3.05) is 30.4 Å². The lowest BCUT2D eigenvalue weighted by Crippen LogP contribution is -2.42. The first-order valence-electron chi connectivity index (χ1n) is 7.06. The molecule has 0 bridgehead atoms. The molecule has 2 N–H and O–H groups in total. The van der Waals surface area contributed by atoms with Gasteiger partial charge in [-0.15, -0.1) is 0 Å². The molecular formula is C15H20N4O. The van der Waals surface area contributed by atoms with E-state index in [1.807, 2.05) is 25.2 Å². The average Bonchev–Trinajstić information content (AvgIpc) is 2.49. The number of fused-ring (bicyclic) bond motifs is 1. The minimum Gasteiger partial charge on any atom is -0.393 e. The van der Waals surface area contributed by atoms with Crippen molar-refractivity contribution in [1.29, 1.82) is 0 Å². The molecule has 1 aliphatic heterocycles. The van der Waals surface area contributed by atoms with E-state index in [0.717, 1.165) is 36.2 Å². The van der Waals surface area contributed by atoms with Crippen LogP contribution < -0.4 is 10.2 Å². The molecule has 106 valence electrons. The lowest BCUT2D eigenvalue weighted by molar-refractivity contribution is 0.0970. The summed E-state index contributed by atoms with van der Waals surface area (Å²) in [7, 11) is 1.83. The van der Waals surface area contributed by atoms with E-state index in [9.17, 15) is 5.11 Å². The van der Waals surface area contributed by atoms with E-state index in [0.29, 0.717) is 5.95 Å². The van der Waals surface area contributed by atoms with Gasteiger partial charge in [0.2, 0.25) is 5.95 Å². The third-order valence-corrected chi connectivity index (χ3v) is 3.97. The summed E-state index contributed by atoms with van der Waals surface area (Å²) >= 11 is 0. The van der Waals surface area contributed by atoms with Crippen LogP contribution in [0.25, 0.3) is 10.9 Å². The predicted octanol–water partition coefficient (Wildman–Crippen LogP) is 1.88. The molecule has 0 spiro atoms. The maximum Gasteiger partial charge on any atom is 0.224 e. The fourth-order valence-electron chi connectivity index (χ4n) is 2.74. The lowest BCUT2D eigenvalue weighted by Gasteiger charge is -2.35. The second-order valence-electron chi connectivity index (χ2n) is 5.42. The minimum absolute atomic E-state index is 0.205. The Morgan fingerprint density at radius 3 is 2.85 bits per heavy atom. The summed E-state index contributed by atoms with van der Waals surface area (Å²) < 4.78 is 0. The largest absolute Gasteiger partial charge is 0.393 e. The maximum atomic E-state index is 9.88. The summed E-state index contributed by atoms with van der Waals surface area (Å²) in [5.41, 5.74) is 0.945. The molecule has 20 heavy (non-hydrogen) atoms. The van der Waals surface area contributed by atoms with Crippen LogP contribution in [0.3, 0.4) is 0 Å². The molecule has 1 aromatic carbocycles. The van der Waals surface area contributed by atoms with Crippen LogP contribution in [0.4, 0.5) is 11.8 Å². The summed E-state index contributed by atoms with van der Waals surface area (Å²) in [5.74, 6) is 1.85. The van der Waals surface area contributed by atoms with Crippen LogP contribution in [-0.2, 0) is 0 Å². The molecule has 0 saturated carbocycles. The molecule has 5 heteroatoms. The lowest BCUT2D eigenvalue weighted by atomic mass is 9.96. The Bertz CT molecular complexity index is 616. The highest BCUT2D eigenvalue weighted by atomic mass is 16.3. The second kappa shape index (κ2) is 5.25. The summed E-state index contributed by atoms with van der Waals surface area (Å²) in [5, 5.41) is 14.0. The molecule has 0 radical (unpaired) electrons. The molecule has 2 heterocycles. The number of nitrogens with zero attached hydrogens (tertiary/aromatic N) is 3. The van der Waals surface area contributed by atoms with Crippen molar-refractivity contribution in [1.82, 2.24) is 9.97 Å². The monoisotopic (exact) mass is 272 g/mol. The normalized spacial score (nSPS) is 23.1. The molecule has 2 aromatic rings. The number of hydrogen-bond acceptors (Lipinski definition) is 5. The zero-order valence-corrected chi connectivity index (χ0v) is 11.9. The van der Waals surface area contributed by atoms with Crippen molar-refractivity contribution >= 4 is 22.7 Å². The Balaban J connectivity index is 2.05. The molecule has 2 atom stereocenters. The van der Waals surface area contributed by atoms with E-state index >= 15 is 0 Å². The smallest absolute Gasteiger partial charge is 0.224 e. The molecule has 5 nitrogen and oxygen atoms in total. The first-order valence-corrected chi connectivity index (χ1v) is 7.06. The fraction of sp³-hybridized carbons (Fsp3) is 0.467. The standard InChI is InChI=1S/C15H20N4O/c1-10-9-19(8-7-13(10)20)14-11-5-3-4-6-12(11)17-15(16-2)18-14/h3-6,10,13,20H,7-9H2,1-2H3,(H,16,17,18). The number of rotatable bonds is 2. The third-order valence-electron chi connectivity index (χ3n) is 3.97. The SMILES string of the molecule is CNc1nc(N2CCC(O)C(C)C2)c2ccccc2n1. The van der Waals surface area contributed by atoms with Gasteiger partial charge in [0.05, 0.1) is 11.6 Å². The van der Waals surface area contributed by atoms with Crippen LogP contribution in [0.2, 0.25) is 0 Å². The molecule has 2 unspecified atom stereocenters. The average molecular weight is 272 g/mol. The van der Waals surface area contributed by atoms with Crippen LogP contribution in [0.5, 0.6) is 0 Å². The van der Waals surface area contributed by atoms with Gasteiger partial charge in [-0.25, -0.2) is 4.98 Å². The number of aromatic nitrogens is 2. The van der Waals surface area contributed by atoms with Crippen LogP contribution >= 0.6 is 0 Å². The van der Waals surface area contributed by atoms with Gasteiger partial charge in [0, 0.05) is 25.5 Å². The molecular weight excluding hydrogens is 252 g/mol. The number of anilines is 2. The van der Waals surface area contributed by atoms with Gasteiger partial charge in [-0.3, -0.25) is 0 Å². The number of para-hydroxylation sites is 1. The van der Waals surface area contributed by atoms with Gasteiger partial charge in [0.15, 0.2) is 0 Å². The number of hydrogen-bond donors (Lipinski definition) is 2. The molecule has 1 fully saturated rings. The van der Waals surface area contributed by atoms with Crippen molar-refractivity contribution in [3.05, 3.63) is 24.3 Å². The highest BCUT2D eigenvalue weighted by Crippen LogP contribution is 2.29. The first-order chi connectivity index (χ1) is 9.69. The molecule has 1 saturated heterocycles. The van der Waals surface area contributed by atoms with Gasteiger partial charge < -0.3 is 15.3 Å². The zero-order chi connectivity index (χ0) is 14.1. The van der Waals surface area contributed by atoms with Crippen molar-refractivity contribution in [3.8, 4) is 0 Å². The Morgan fingerprint density at radius 2 is 2.10 bits per heavy atom. The highest BCUT2D eigenvalue weighted by molar-refractivity contribution is 5.90. The van der Waals surface area contributed by atoms with Crippen LogP contribution in [0.15, 0.2) is 24.3 Å². The van der Waals surface area contributed by atoms with Crippen LogP contribution in [0, 0.1) is 5.92 Å². The van der Waals surface area contributed by atoms with Gasteiger partial charge in [-0.05, 0) is 24.5 Å². The van der Waals surface area contributed by atoms with E-state index in [4.69, 9.17) is 0 Å². The quantitative estimate of drug-likeness (QED) is 0.874. The number of benzene rings is 1. The number of piperidine rings is 1. The summed E-state index contributed by atoms with van der Waals surface area (Å²) in [4.78, 5) is 11.4. The van der Waals surface area contributed by atoms with E-state index in [1.54, 1.807) is 0 Å². The Kier molecular flexibility index (Phi) is 3.44. The topological polar surface area (TPSA) is 61.3 Å². The number of aliphatic hydroxyl groups excluding tert-OH is 1. The van der Waals surface area contributed by atoms with Gasteiger partial charge in [0.25, 0.3) is 0 Å². The van der Waals surface area contributed by atoms with Gasteiger partial charge in [-0.1, -0.05) is 19.1 Å². The first kappa shape index (κ1) is 13.1.